The molecule has 130 valence electrons. The zero-order valence-corrected chi connectivity index (χ0v) is 15.1. The van der Waals surface area contributed by atoms with Gasteiger partial charge in [-0.05, 0) is 38.0 Å². The molecule has 3 rings (SSSR count). The first-order valence-electron chi connectivity index (χ1n) is 7.93. The summed E-state index contributed by atoms with van der Waals surface area (Å²) in [5, 5.41) is 4.22. The molecular formula is C19H19ClFN3O. The van der Waals surface area contributed by atoms with Gasteiger partial charge >= 0.3 is 0 Å². The predicted octanol–water partition coefficient (Wildman–Crippen LogP) is 4.12. The summed E-state index contributed by atoms with van der Waals surface area (Å²) in [4.78, 5) is 16.9. The number of hydrogen-bond acceptors (Lipinski definition) is 2. The molecule has 0 aliphatic rings. The Hall–Kier alpha value is -2.40. The van der Waals surface area contributed by atoms with Gasteiger partial charge in [-0.3, -0.25) is 4.79 Å². The average molecular weight is 360 g/mol. The van der Waals surface area contributed by atoms with Crippen LogP contribution in [0.1, 0.15) is 29.8 Å². The molecule has 1 N–H and O–H groups in total. The van der Waals surface area contributed by atoms with E-state index in [4.69, 9.17) is 11.6 Å². The van der Waals surface area contributed by atoms with Crippen molar-refractivity contribution in [3.8, 4) is 0 Å². The maximum Gasteiger partial charge on any atom is 0.253 e. The van der Waals surface area contributed by atoms with Crippen LogP contribution in [0.25, 0.3) is 11.0 Å². The Kier molecular flexibility index (Phi) is 4.52. The largest absolute Gasteiger partial charge is 0.347 e. The number of aryl methyl sites for hydroxylation is 1. The van der Waals surface area contributed by atoms with E-state index in [1.807, 2.05) is 25.5 Å². The third-order valence-electron chi connectivity index (χ3n) is 4.07. The number of nitrogens with zero attached hydrogens (tertiary/aromatic N) is 2. The van der Waals surface area contributed by atoms with E-state index in [0.717, 1.165) is 5.39 Å². The van der Waals surface area contributed by atoms with Crippen molar-refractivity contribution in [2.24, 2.45) is 7.05 Å². The third kappa shape index (κ3) is 3.66. The maximum absolute atomic E-state index is 13.9. The molecule has 2 aromatic heterocycles. The standard InChI is InChI=1S/C19H19ClFN3O/c1-19(2,9-12-6-4-5-7-16(12)21)23-18(25)13-8-14-15(20)11-24(3)17(14)22-10-13/h4-8,10-11H,9H2,1-3H3,(H,23,25). The fraction of sp³-hybridized carbons (Fsp3) is 0.263. The summed E-state index contributed by atoms with van der Waals surface area (Å²) in [7, 11) is 1.85. The van der Waals surface area contributed by atoms with Crippen molar-refractivity contribution < 1.29 is 9.18 Å². The van der Waals surface area contributed by atoms with Gasteiger partial charge in [0.2, 0.25) is 0 Å². The second-order valence-electron chi connectivity index (χ2n) is 6.79. The molecule has 0 saturated carbocycles. The van der Waals surface area contributed by atoms with Crippen LogP contribution in [0.5, 0.6) is 0 Å². The number of halogens is 2. The quantitative estimate of drug-likeness (QED) is 0.761. The average Bonchev–Trinajstić information content (AvgIpc) is 2.83. The number of amides is 1. The molecule has 6 heteroatoms. The van der Waals surface area contributed by atoms with E-state index >= 15 is 0 Å². The minimum atomic E-state index is -0.616. The van der Waals surface area contributed by atoms with Gasteiger partial charge in [0.1, 0.15) is 11.5 Å². The number of nitrogens with one attached hydrogen (secondary N) is 1. The van der Waals surface area contributed by atoms with Gasteiger partial charge in [-0.25, -0.2) is 9.37 Å². The lowest BCUT2D eigenvalue weighted by molar-refractivity contribution is 0.0912. The highest BCUT2D eigenvalue weighted by atomic mass is 35.5. The Labute approximate surface area is 150 Å². The fourth-order valence-corrected chi connectivity index (χ4v) is 3.17. The molecule has 0 saturated heterocycles. The zero-order chi connectivity index (χ0) is 18.2. The summed E-state index contributed by atoms with van der Waals surface area (Å²) in [5.74, 6) is -0.542. The number of pyridine rings is 1. The molecule has 0 aliphatic heterocycles. The van der Waals surface area contributed by atoms with Gasteiger partial charge in [-0.1, -0.05) is 29.8 Å². The van der Waals surface area contributed by atoms with Crippen LogP contribution < -0.4 is 5.32 Å². The van der Waals surface area contributed by atoms with Crippen LogP contribution in [0.15, 0.2) is 42.7 Å². The highest BCUT2D eigenvalue weighted by Crippen LogP contribution is 2.24. The maximum atomic E-state index is 13.9. The topological polar surface area (TPSA) is 46.9 Å². The van der Waals surface area contributed by atoms with E-state index in [1.165, 1.54) is 12.3 Å². The summed E-state index contributed by atoms with van der Waals surface area (Å²) in [6, 6.07) is 8.29. The van der Waals surface area contributed by atoms with Crippen LogP contribution >= 0.6 is 11.6 Å². The van der Waals surface area contributed by atoms with E-state index in [1.54, 1.807) is 30.5 Å². The van der Waals surface area contributed by atoms with Crippen molar-refractivity contribution in [3.63, 3.8) is 0 Å². The van der Waals surface area contributed by atoms with Crippen LogP contribution in [-0.4, -0.2) is 21.0 Å². The van der Waals surface area contributed by atoms with Gasteiger partial charge < -0.3 is 9.88 Å². The highest BCUT2D eigenvalue weighted by Gasteiger charge is 2.23. The van der Waals surface area contributed by atoms with Crippen LogP contribution in [-0.2, 0) is 13.5 Å². The number of aromatic nitrogens is 2. The molecule has 0 atom stereocenters. The number of carbonyl (C=O) groups is 1. The Balaban J connectivity index is 1.81. The van der Waals surface area contributed by atoms with Crippen molar-refractivity contribution in [2.75, 3.05) is 0 Å². The Morgan fingerprint density at radius 2 is 2.08 bits per heavy atom. The normalized spacial score (nSPS) is 11.7. The third-order valence-corrected chi connectivity index (χ3v) is 4.37. The molecule has 0 spiro atoms. The molecule has 0 bridgehead atoms. The number of carbonyl (C=O) groups excluding carboxylic acids is 1. The summed E-state index contributed by atoms with van der Waals surface area (Å²) in [6.07, 6.45) is 3.66. The molecule has 1 aromatic carbocycles. The monoisotopic (exact) mass is 359 g/mol. The molecule has 25 heavy (non-hydrogen) atoms. The number of benzene rings is 1. The first-order chi connectivity index (χ1) is 11.8. The molecular weight excluding hydrogens is 341 g/mol. The van der Waals surface area contributed by atoms with Crippen molar-refractivity contribution >= 4 is 28.5 Å². The molecule has 2 heterocycles. The van der Waals surface area contributed by atoms with Crippen molar-refractivity contribution in [3.05, 3.63) is 64.7 Å². The van der Waals surface area contributed by atoms with Gasteiger partial charge in [-0.15, -0.1) is 0 Å². The summed E-state index contributed by atoms with van der Waals surface area (Å²) >= 11 is 6.18. The van der Waals surface area contributed by atoms with Crippen LogP contribution in [0, 0.1) is 5.82 Å². The second kappa shape index (κ2) is 6.48. The predicted molar refractivity (Wildman–Crippen MR) is 97.4 cm³/mol. The minimum absolute atomic E-state index is 0.268. The first kappa shape index (κ1) is 17.4. The summed E-state index contributed by atoms with van der Waals surface area (Å²) in [5.41, 5.74) is 1.08. The zero-order valence-electron chi connectivity index (χ0n) is 14.3. The summed E-state index contributed by atoms with van der Waals surface area (Å²) in [6.45, 7) is 3.72. The fourth-order valence-electron chi connectivity index (χ4n) is 2.88. The lowest BCUT2D eigenvalue weighted by Crippen LogP contribution is -2.45. The van der Waals surface area contributed by atoms with Gasteiger partial charge in [0, 0.05) is 30.4 Å². The molecule has 1 amide bonds. The minimum Gasteiger partial charge on any atom is -0.347 e. The van der Waals surface area contributed by atoms with Crippen molar-refractivity contribution in [1.82, 2.24) is 14.9 Å². The van der Waals surface area contributed by atoms with E-state index in [-0.39, 0.29) is 11.7 Å². The number of hydrogen-bond donors (Lipinski definition) is 1. The molecule has 4 nitrogen and oxygen atoms in total. The number of rotatable bonds is 4. The lowest BCUT2D eigenvalue weighted by atomic mass is 9.94. The van der Waals surface area contributed by atoms with Crippen LogP contribution in [0.4, 0.5) is 4.39 Å². The van der Waals surface area contributed by atoms with Crippen molar-refractivity contribution in [2.45, 2.75) is 25.8 Å². The molecule has 0 fully saturated rings. The second-order valence-corrected chi connectivity index (χ2v) is 7.20. The Morgan fingerprint density at radius 1 is 1.36 bits per heavy atom. The van der Waals surface area contributed by atoms with E-state index in [2.05, 4.69) is 10.3 Å². The molecule has 0 aliphatic carbocycles. The smallest absolute Gasteiger partial charge is 0.253 e. The van der Waals surface area contributed by atoms with E-state index in [0.29, 0.717) is 28.2 Å². The number of fused-ring (bicyclic) bond motifs is 1. The molecule has 3 aromatic rings. The van der Waals surface area contributed by atoms with Gasteiger partial charge in [-0.2, -0.15) is 0 Å². The lowest BCUT2D eigenvalue weighted by Gasteiger charge is -2.26. The first-order valence-corrected chi connectivity index (χ1v) is 8.31. The van der Waals surface area contributed by atoms with Gasteiger partial charge in [0.25, 0.3) is 5.91 Å². The van der Waals surface area contributed by atoms with Crippen LogP contribution in [0.2, 0.25) is 5.02 Å². The highest BCUT2D eigenvalue weighted by molar-refractivity contribution is 6.35. The Bertz CT molecular complexity index is 949. The van der Waals surface area contributed by atoms with Crippen LogP contribution in [0.3, 0.4) is 0 Å². The molecule has 0 unspecified atom stereocenters. The van der Waals surface area contributed by atoms with Gasteiger partial charge in [0.15, 0.2) is 0 Å². The van der Waals surface area contributed by atoms with Gasteiger partial charge in [0.05, 0.1) is 10.6 Å². The van der Waals surface area contributed by atoms with Crippen molar-refractivity contribution in [1.29, 1.82) is 0 Å². The van der Waals surface area contributed by atoms with E-state index in [9.17, 15) is 9.18 Å². The van der Waals surface area contributed by atoms with E-state index < -0.39 is 5.54 Å². The Morgan fingerprint density at radius 3 is 2.80 bits per heavy atom. The summed E-state index contributed by atoms with van der Waals surface area (Å²) < 4.78 is 15.7. The molecule has 0 radical (unpaired) electrons. The SMILES string of the molecule is Cn1cc(Cl)c2cc(C(=O)NC(C)(C)Cc3ccccc3F)cnc21.